The van der Waals surface area contributed by atoms with Gasteiger partial charge in [-0.05, 0) is 42.8 Å². The highest BCUT2D eigenvalue weighted by atomic mass is 79.9. The molecule has 0 aliphatic carbocycles. The van der Waals surface area contributed by atoms with Crippen molar-refractivity contribution in [1.29, 1.82) is 0 Å². The first-order valence-electron chi connectivity index (χ1n) is 8.08. The number of imide groups is 1. The van der Waals surface area contributed by atoms with Crippen LogP contribution in [0.15, 0.2) is 53.0 Å². The minimum Gasteiger partial charge on any atom is -0.336 e. The van der Waals surface area contributed by atoms with Gasteiger partial charge in [0, 0.05) is 23.1 Å². The van der Waals surface area contributed by atoms with E-state index in [4.69, 9.17) is 0 Å². The van der Waals surface area contributed by atoms with Gasteiger partial charge in [0.05, 0.1) is 17.2 Å². The van der Waals surface area contributed by atoms with Gasteiger partial charge in [-0.1, -0.05) is 28.1 Å². The fourth-order valence-corrected chi connectivity index (χ4v) is 3.72. The van der Waals surface area contributed by atoms with Crippen LogP contribution >= 0.6 is 15.9 Å². The summed E-state index contributed by atoms with van der Waals surface area (Å²) in [6, 6.07) is 13.8. The Hall–Kier alpha value is -2.47. The van der Waals surface area contributed by atoms with E-state index >= 15 is 0 Å². The van der Waals surface area contributed by atoms with E-state index in [-0.39, 0.29) is 23.8 Å². The first-order valence-corrected chi connectivity index (χ1v) is 8.87. The summed E-state index contributed by atoms with van der Waals surface area (Å²) in [5.74, 6) is -0.598. The van der Waals surface area contributed by atoms with Crippen LogP contribution in [0.3, 0.4) is 0 Å². The fraction of sp³-hybridized carbons (Fsp3) is 0.211. The Kier molecular flexibility index (Phi) is 3.92. The smallest absolute Gasteiger partial charge is 0.261 e. The molecule has 2 aromatic rings. The lowest BCUT2D eigenvalue weighted by atomic mass is 10.1. The van der Waals surface area contributed by atoms with Crippen molar-refractivity contribution in [3.8, 4) is 0 Å². The lowest BCUT2D eigenvalue weighted by molar-refractivity contribution is 0.0574. The Morgan fingerprint density at radius 1 is 0.960 bits per heavy atom. The van der Waals surface area contributed by atoms with Crippen molar-refractivity contribution in [2.45, 2.75) is 12.5 Å². The molecule has 5 nitrogen and oxygen atoms in total. The van der Waals surface area contributed by atoms with Crippen LogP contribution in [-0.2, 0) is 0 Å². The molecule has 1 fully saturated rings. The van der Waals surface area contributed by atoms with Crippen molar-refractivity contribution < 1.29 is 14.4 Å². The molecule has 126 valence electrons. The largest absolute Gasteiger partial charge is 0.336 e. The molecule has 0 N–H and O–H groups in total. The number of likely N-dealkylation sites (tertiary alicyclic amines) is 1. The van der Waals surface area contributed by atoms with Gasteiger partial charge in [-0.15, -0.1) is 0 Å². The van der Waals surface area contributed by atoms with Crippen LogP contribution < -0.4 is 0 Å². The molecule has 3 amide bonds. The van der Waals surface area contributed by atoms with Gasteiger partial charge < -0.3 is 4.90 Å². The number of rotatable bonds is 2. The minimum absolute atomic E-state index is 0.0772. The number of nitrogens with zero attached hydrogens (tertiary/aromatic N) is 2. The summed E-state index contributed by atoms with van der Waals surface area (Å²) in [4.78, 5) is 40.8. The Bertz CT molecular complexity index is 843. The summed E-state index contributed by atoms with van der Waals surface area (Å²) in [7, 11) is 0. The highest BCUT2D eigenvalue weighted by Crippen LogP contribution is 2.28. The van der Waals surface area contributed by atoms with Gasteiger partial charge in [0.15, 0.2) is 0 Å². The molecule has 1 saturated heterocycles. The zero-order valence-corrected chi connectivity index (χ0v) is 14.9. The van der Waals surface area contributed by atoms with Crippen LogP contribution in [0.1, 0.15) is 37.5 Å². The predicted octanol–water partition coefficient (Wildman–Crippen LogP) is 2.96. The lowest BCUT2D eigenvalue weighted by Crippen LogP contribution is -2.42. The van der Waals surface area contributed by atoms with Crippen LogP contribution in [-0.4, -0.2) is 46.7 Å². The summed E-state index contributed by atoms with van der Waals surface area (Å²) in [5, 5.41) is 0. The SMILES string of the molecule is O=C(c1ccc(Br)cc1)N1CCC(N2C(=O)c3ccccc3C2=O)C1. The summed E-state index contributed by atoms with van der Waals surface area (Å²) in [5.41, 5.74) is 1.50. The number of carbonyl (C=O) groups excluding carboxylic acids is 3. The van der Waals surface area contributed by atoms with Crippen molar-refractivity contribution in [2.24, 2.45) is 0 Å². The maximum absolute atomic E-state index is 12.6. The Morgan fingerprint density at radius 3 is 2.16 bits per heavy atom. The molecule has 0 saturated carbocycles. The monoisotopic (exact) mass is 398 g/mol. The molecule has 2 aliphatic rings. The zero-order valence-electron chi connectivity index (χ0n) is 13.3. The molecule has 0 bridgehead atoms. The van der Waals surface area contributed by atoms with E-state index in [1.807, 2.05) is 12.1 Å². The van der Waals surface area contributed by atoms with E-state index < -0.39 is 0 Å². The molecule has 2 aliphatic heterocycles. The van der Waals surface area contributed by atoms with E-state index in [9.17, 15) is 14.4 Å². The third kappa shape index (κ3) is 2.66. The summed E-state index contributed by atoms with van der Waals surface area (Å²) < 4.78 is 0.911. The quantitative estimate of drug-likeness (QED) is 0.730. The van der Waals surface area contributed by atoms with Gasteiger partial charge in [0.25, 0.3) is 17.7 Å². The molecular formula is C19H15BrN2O3. The zero-order chi connectivity index (χ0) is 17.6. The number of hydrogen-bond acceptors (Lipinski definition) is 3. The number of halogens is 1. The lowest BCUT2D eigenvalue weighted by Gasteiger charge is -2.22. The average Bonchev–Trinajstić information content (AvgIpc) is 3.19. The van der Waals surface area contributed by atoms with E-state index in [0.717, 1.165) is 4.47 Å². The molecule has 2 heterocycles. The number of hydrogen-bond donors (Lipinski definition) is 0. The first kappa shape index (κ1) is 16.0. The van der Waals surface area contributed by atoms with Crippen molar-refractivity contribution in [3.63, 3.8) is 0 Å². The van der Waals surface area contributed by atoms with Crippen LogP contribution in [0.4, 0.5) is 0 Å². The summed E-state index contributed by atoms with van der Waals surface area (Å²) in [6.07, 6.45) is 0.605. The van der Waals surface area contributed by atoms with E-state index in [2.05, 4.69) is 15.9 Å². The highest BCUT2D eigenvalue weighted by Gasteiger charge is 2.42. The average molecular weight is 399 g/mol. The van der Waals surface area contributed by atoms with E-state index in [1.54, 1.807) is 41.3 Å². The fourth-order valence-electron chi connectivity index (χ4n) is 3.45. The molecule has 1 atom stereocenters. The van der Waals surface area contributed by atoms with Crippen molar-refractivity contribution >= 4 is 33.7 Å². The molecule has 0 spiro atoms. The molecule has 1 unspecified atom stereocenters. The molecule has 4 rings (SSSR count). The number of amides is 3. The minimum atomic E-state index is -0.271. The Morgan fingerprint density at radius 2 is 1.56 bits per heavy atom. The second kappa shape index (κ2) is 6.11. The summed E-state index contributed by atoms with van der Waals surface area (Å²) >= 11 is 3.35. The van der Waals surface area contributed by atoms with Gasteiger partial charge in [0.2, 0.25) is 0 Å². The van der Waals surface area contributed by atoms with Crippen molar-refractivity contribution in [3.05, 3.63) is 69.7 Å². The van der Waals surface area contributed by atoms with E-state index in [1.165, 1.54) is 4.90 Å². The van der Waals surface area contributed by atoms with E-state index in [0.29, 0.717) is 36.2 Å². The summed E-state index contributed by atoms with van der Waals surface area (Å²) in [6.45, 7) is 0.910. The molecular weight excluding hydrogens is 384 g/mol. The topological polar surface area (TPSA) is 57.7 Å². The maximum atomic E-state index is 12.6. The molecule has 2 aromatic carbocycles. The van der Waals surface area contributed by atoms with Crippen molar-refractivity contribution in [2.75, 3.05) is 13.1 Å². The molecule has 25 heavy (non-hydrogen) atoms. The third-order valence-corrected chi connectivity index (χ3v) is 5.26. The Balaban J connectivity index is 1.52. The van der Waals surface area contributed by atoms with Gasteiger partial charge in [-0.2, -0.15) is 0 Å². The first-order chi connectivity index (χ1) is 12.1. The maximum Gasteiger partial charge on any atom is 0.261 e. The number of benzene rings is 2. The van der Waals surface area contributed by atoms with Gasteiger partial charge in [-0.25, -0.2) is 0 Å². The molecule has 0 radical (unpaired) electrons. The van der Waals surface area contributed by atoms with Crippen molar-refractivity contribution in [1.82, 2.24) is 9.80 Å². The number of carbonyl (C=O) groups is 3. The van der Waals surface area contributed by atoms with Crippen LogP contribution in [0.2, 0.25) is 0 Å². The molecule has 0 aromatic heterocycles. The normalized spacial score (nSPS) is 19.5. The van der Waals surface area contributed by atoms with Gasteiger partial charge in [0.1, 0.15) is 0 Å². The Labute approximate surface area is 153 Å². The number of fused-ring (bicyclic) bond motifs is 1. The van der Waals surface area contributed by atoms with Crippen LogP contribution in [0, 0.1) is 0 Å². The van der Waals surface area contributed by atoms with Crippen LogP contribution in [0.25, 0.3) is 0 Å². The second-order valence-electron chi connectivity index (χ2n) is 6.23. The highest BCUT2D eigenvalue weighted by molar-refractivity contribution is 9.10. The standard InChI is InChI=1S/C19H15BrN2O3/c20-13-7-5-12(6-8-13)17(23)21-10-9-14(11-21)22-18(24)15-3-1-2-4-16(15)19(22)25/h1-8,14H,9-11H2. The molecule has 6 heteroatoms. The second-order valence-corrected chi connectivity index (χ2v) is 7.14. The third-order valence-electron chi connectivity index (χ3n) is 4.73. The predicted molar refractivity (Wildman–Crippen MR) is 95.4 cm³/mol. The van der Waals surface area contributed by atoms with Gasteiger partial charge >= 0.3 is 0 Å². The van der Waals surface area contributed by atoms with Gasteiger partial charge in [-0.3, -0.25) is 19.3 Å². The van der Waals surface area contributed by atoms with Crippen LogP contribution in [0.5, 0.6) is 0 Å².